The average Bonchev–Trinajstić information content (AvgIpc) is 2.78. The molecule has 0 amide bonds. The zero-order valence-corrected chi connectivity index (χ0v) is 16.1. The summed E-state index contributed by atoms with van der Waals surface area (Å²) in [5, 5.41) is 10.6. The molecule has 6 rings (SSSR count). The van der Waals surface area contributed by atoms with Crippen molar-refractivity contribution in [3.63, 3.8) is 0 Å². The lowest BCUT2D eigenvalue weighted by atomic mass is 9.58. The van der Waals surface area contributed by atoms with Crippen LogP contribution in [0.1, 0.15) is 0 Å². The van der Waals surface area contributed by atoms with E-state index in [0.717, 1.165) is 7.28 Å². The van der Waals surface area contributed by atoms with Crippen LogP contribution in [0.4, 0.5) is 0 Å². The molecular weight excluding hydrogens is 347 g/mol. The quantitative estimate of drug-likeness (QED) is 0.273. The summed E-state index contributed by atoms with van der Waals surface area (Å²) in [4.78, 5) is 0. The molecule has 0 aliphatic heterocycles. The molecule has 0 saturated heterocycles. The Morgan fingerprint density at radius 1 is 0.345 bits per heavy atom. The van der Waals surface area contributed by atoms with Gasteiger partial charge in [0.2, 0.25) is 0 Å². The highest BCUT2D eigenvalue weighted by atomic mass is 14.1. The Balaban J connectivity index is 1.73. The van der Waals surface area contributed by atoms with Crippen LogP contribution in [0.2, 0.25) is 0 Å². The van der Waals surface area contributed by atoms with Gasteiger partial charge in [-0.1, -0.05) is 108 Å². The van der Waals surface area contributed by atoms with Crippen LogP contribution in [-0.2, 0) is 0 Å². The standard InChI is InChI=1S/C28H19B/c1-5-13-23-19(9-1)17-20-10-2-6-14-24(20)27(23)29-28-25-15-7-3-11-21(25)18-22-12-4-8-16-26(22)28/h1-18,29H. The van der Waals surface area contributed by atoms with Gasteiger partial charge < -0.3 is 0 Å². The molecule has 0 fully saturated rings. The summed E-state index contributed by atoms with van der Waals surface area (Å²) in [6.45, 7) is 0. The second kappa shape index (κ2) is 6.50. The maximum atomic E-state index is 2.31. The van der Waals surface area contributed by atoms with Crippen LogP contribution in [0.15, 0.2) is 109 Å². The summed E-state index contributed by atoms with van der Waals surface area (Å²) in [5.41, 5.74) is 2.83. The van der Waals surface area contributed by atoms with Crippen molar-refractivity contribution in [1.82, 2.24) is 0 Å². The second-order valence-corrected chi connectivity index (χ2v) is 7.77. The molecule has 0 spiro atoms. The normalized spacial score (nSPS) is 11.4. The molecular formula is C28H19B. The third-order valence-electron chi connectivity index (χ3n) is 6.12. The Morgan fingerprint density at radius 2 is 0.621 bits per heavy atom. The minimum atomic E-state index is 0.920. The summed E-state index contributed by atoms with van der Waals surface area (Å²) < 4.78 is 0. The fourth-order valence-electron chi connectivity index (χ4n) is 4.77. The smallest absolute Gasteiger partial charge is 0.0631 e. The number of hydrogen-bond donors (Lipinski definition) is 0. The molecule has 29 heavy (non-hydrogen) atoms. The number of fused-ring (bicyclic) bond motifs is 4. The van der Waals surface area contributed by atoms with E-state index in [0.29, 0.717) is 0 Å². The van der Waals surface area contributed by atoms with Crippen molar-refractivity contribution in [3.05, 3.63) is 109 Å². The van der Waals surface area contributed by atoms with Crippen LogP contribution in [0, 0.1) is 0 Å². The molecule has 0 saturated carbocycles. The van der Waals surface area contributed by atoms with Crippen molar-refractivity contribution < 1.29 is 0 Å². The van der Waals surface area contributed by atoms with Crippen molar-refractivity contribution in [2.24, 2.45) is 0 Å². The summed E-state index contributed by atoms with van der Waals surface area (Å²) in [6, 6.07) is 39.8. The van der Waals surface area contributed by atoms with Crippen molar-refractivity contribution in [3.8, 4) is 0 Å². The van der Waals surface area contributed by atoms with E-state index in [9.17, 15) is 0 Å². The maximum absolute atomic E-state index is 2.31. The Morgan fingerprint density at radius 3 is 0.931 bits per heavy atom. The first-order chi connectivity index (χ1) is 14.4. The van der Waals surface area contributed by atoms with Crippen LogP contribution in [0.3, 0.4) is 0 Å². The van der Waals surface area contributed by atoms with Gasteiger partial charge in [0.05, 0.1) is 0 Å². The van der Waals surface area contributed by atoms with Gasteiger partial charge >= 0.3 is 0 Å². The lowest BCUT2D eigenvalue weighted by Crippen LogP contribution is -2.30. The molecule has 0 radical (unpaired) electrons. The molecule has 0 aliphatic rings. The van der Waals surface area contributed by atoms with Crippen molar-refractivity contribution in [2.75, 3.05) is 0 Å². The van der Waals surface area contributed by atoms with Gasteiger partial charge in [0.1, 0.15) is 0 Å². The van der Waals surface area contributed by atoms with Crippen molar-refractivity contribution >= 4 is 61.3 Å². The average molecular weight is 366 g/mol. The highest BCUT2D eigenvalue weighted by Crippen LogP contribution is 2.23. The zero-order chi connectivity index (χ0) is 19.2. The van der Waals surface area contributed by atoms with E-state index >= 15 is 0 Å². The van der Waals surface area contributed by atoms with E-state index in [1.807, 2.05) is 0 Å². The maximum Gasteiger partial charge on any atom is 0.195 e. The Kier molecular flexibility index (Phi) is 3.67. The monoisotopic (exact) mass is 366 g/mol. The Hall–Kier alpha value is -3.58. The highest BCUT2D eigenvalue weighted by Gasteiger charge is 2.14. The van der Waals surface area contributed by atoms with E-state index < -0.39 is 0 Å². The van der Waals surface area contributed by atoms with E-state index in [1.54, 1.807) is 0 Å². The van der Waals surface area contributed by atoms with Crippen LogP contribution >= 0.6 is 0 Å². The third kappa shape index (κ3) is 2.62. The first-order valence-corrected chi connectivity index (χ1v) is 10.2. The topological polar surface area (TPSA) is 0 Å². The highest BCUT2D eigenvalue weighted by molar-refractivity contribution is 6.76. The van der Waals surface area contributed by atoms with Gasteiger partial charge in [0, 0.05) is 0 Å². The van der Waals surface area contributed by atoms with Crippen LogP contribution in [0.25, 0.3) is 43.1 Å². The Labute approximate surface area is 170 Å². The van der Waals surface area contributed by atoms with Gasteiger partial charge in [-0.3, -0.25) is 0 Å². The van der Waals surface area contributed by atoms with Gasteiger partial charge in [-0.25, -0.2) is 0 Å². The van der Waals surface area contributed by atoms with E-state index in [1.165, 1.54) is 54.0 Å². The minimum Gasteiger partial charge on any atom is -0.0631 e. The Bertz CT molecular complexity index is 1300. The van der Waals surface area contributed by atoms with Gasteiger partial charge in [0.15, 0.2) is 7.28 Å². The van der Waals surface area contributed by atoms with Crippen molar-refractivity contribution in [1.29, 1.82) is 0 Å². The second-order valence-electron chi connectivity index (χ2n) is 7.77. The SMILES string of the molecule is B(c1c2ccccc2cc2ccccc12)c1c2ccccc2cc2ccccc12. The minimum absolute atomic E-state index is 0.920. The lowest BCUT2D eigenvalue weighted by Gasteiger charge is -2.15. The van der Waals surface area contributed by atoms with E-state index in [2.05, 4.69) is 109 Å². The molecule has 0 N–H and O–H groups in total. The van der Waals surface area contributed by atoms with Gasteiger partial charge in [-0.05, 0) is 55.2 Å². The zero-order valence-electron chi connectivity index (χ0n) is 16.1. The number of benzene rings is 6. The van der Waals surface area contributed by atoms with Crippen LogP contribution in [-0.4, -0.2) is 7.28 Å². The van der Waals surface area contributed by atoms with E-state index in [-0.39, 0.29) is 0 Å². The fraction of sp³-hybridized carbons (Fsp3) is 0. The molecule has 0 aromatic heterocycles. The van der Waals surface area contributed by atoms with Crippen LogP contribution < -0.4 is 10.9 Å². The van der Waals surface area contributed by atoms with E-state index in [4.69, 9.17) is 0 Å². The summed E-state index contributed by atoms with van der Waals surface area (Å²) in [7, 11) is 0.920. The third-order valence-corrected chi connectivity index (χ3v) is 6.12. The largest absolute Gasteiger partial charge is 0.195 e. The van der Waals surface area contributed by atoms with Crippen molar-refractivity contribution in [2.45, 2.75) is 0 Å². The lowest BCUT2D eigenvalue weighted by molar-refractivity contribution is 1.78. The fourth-order valence-corrected chi connectivity index (χ4v) is 4.77. The first kappa shape index (κ1) is 16.4. The molecule has 0 nitrogen and oxygen atoms in total. The molecule has 0 atom stereocenters. The molecule has 0 unspecified atom stereocenters. The number of hydrogen-bond acceptors (Lipinski definition) is 0. The molecule has 134 valence electrons. The van der Waals surface area contributed by atoms with Crippen LogP contribution in [0.5, 0.6) is 0 Å². The van der Waals surface area contributed by atoms with Gasteiger partial charge in [0.25, 0.3) is 0 Å². The molecule has 0 aliphatic carbocycles. The molecule has 6 aromatic rings. The molecule has 1 heteroatoms. The predicted molar refractivity (Wildman–Crippen MR) is 129 cm³/mol. The summed E-state index contributed by atoms with van der Waals surface area (Å²) >= 11 is 0. The first-order valence-electron chi connectivity index (χ1n) is 10.2. The molecule has 0 bridgehead atoms. The van der Waals surface area contributed by atoms with Gasteiger partial charge in [-0.15, -0.1) is 0 Å². The summed E-state index contributed by atoms with van der Waals surface area (Å²) in [5.74, 6) is 0. The molecule has 6 aromatic carbocycles. The molecule has 0 heterocycles. The summed E-state index contributed by atoms with van der Waals surface area (Å²) in [6.07, 6.45) is 0. The van der Waals surface area contributed by atoms with Gasteiger partial charge in [-0.2, -0.15) is 0 Å². The number of rotatable bonds is 2. The predicted octanol–water partition coefficient (Wildman–Crippen LogP) is 5.69.